The summed E-state index contributed by atoms with van der Waals surface area (Å²) in [6, 6.07) is 8.86. The molecule has 1 fully saturated rings. The second-order valence-corrected chi connectivity index (χ2v) is 8.37. The molecule has 1 heterocycles. The molecule has 1 aromatic carbocycles. The lowest BCUT2D eigenvalue weighted by molar-refractivity contribution is 0.118. The second-order valence-electron chi connectivity index (χ2n) is 5.04. The maximum atomic E-state index is 11.8. The Hall–Kier alpha value is -1.32. The van der Waals surface area contributed by atoms with E-state index in [1.165, 1.54) is 0 Å². The lowest BCUT2D eigenvalue weighted by Crippen LogP contribution is -2.42. The van der Waals surface area contributed by atoms with Crippen molar-refractivity contribution in [1.29, 1.82) is 0 Å². The number of hydrogen-bond acceptors (Lipinski definition) is 4. The van der Waals surface area contributed by atoms with Gasteiger partial charge in [0.05, 0.1) is 19.3 Å². The summed E-state index contributed by atoms with van der Waals surface area (Å²) in [4.78, 5) is 11.6. The van der Waals surface area contributed by atoms with Crippen molar-refractivity contribution in [2.45, 2.75) is 18.8 Å². The van der Waals surface area contributed by atoms with E-state index in [0.29, 0.717) is 6.16 Å². The zero-order chi connectivity index (χ0) is 13.9. The van der Waals surface area contributed by atoms with Crippen molar-refractivity contribution >= 4 is 13.2 Å². The molecule has 0 saturated carbocycles. The Balaban J connectivity index is 1.81. The highest BCUT2D eigenvalue weighted by atomic mass is 31.2. The van der Waals surface area contributed by atoms with Crippen molar-refractivity contribution in [2.75, 3.05) is 19.0 Å². The first-order valence-corrected chi connectivity index (χ1v) is 8.69. The lowest BCUT2D eigenvalue weighted by Gasteiger charge is -2.15. The van der Waals surface area contributed by atoms with Gasteiger partial charge < -0.3 is 19.7 Å². The first-order valence-electron chi connectivity index (χ1n) is 6.17. The summed E-state index contributed by atoms with van der Waals surface area (Å²) in [5.74, 6) is 0. The van der Waals surface area contributed by atoms with Crippen LogP contribution in [0.3, 0.4) is 0 Å². The standard InChI is InChI=1S/C13H18NO4P/c1-19(17)8-11(12(15)9-19)14-13(16)18-7-10-5-3-2-4-6-10/h2-6,11-12,15H,7-9H2,1H3,(H,14,16)/t11-,12-,19?/m0/s1. The van der Waals surface area contributed by atoms with E-state index in [1.54, 1.807) is 6.66 Å². The highest BCUT2D eigenvalue weighted by Gasteiger charge is 2.38. The monoisotopic (exact) mass is 283 g/mol. The van der Waals surface area contributed by atoms with Crippen LogP contribution < -0.4 is 5.32 Å². The van der Waals surface area contributed by atoms with Crippen LogP contribution in [0.2, 0.25) is 0 Å². The van der Waals surface area contributed by atoms with Crippen LogP contribution in [0.4, 0.5) is 4.79 Å². The van der Waals surface area contributed by atoms with Gasteiger partial charge in [0.1, 0.15) is 6.61 Å². The van der Waals surface area contributed by atoms with Gasteiger partial charge in [0.15, 0.2) is 0 Å². The van der Waals surface area contributed by atoms with Crippen molar-refractivity contribution in [3.05, 3.63) is 35.9 Å². The molecule has 0 spiro atoms. The zero-order valence-corrected chi connectivity index (χ0v) is 11.7. The number of aliphatic hydroxyl groups is 1. The number of alkyl carbamates (subject to hydrolysis) is 1. The van der Waals surface area contributed by atoms with Gasteiger partial charge in [-0.15, -0.1) is 0 Å². The fraction of sp³-hybridized carbons (Fsp3) is 0.462. The van der Waals surface area contributed by atoms with Gasteiger partial charge >= 0.3 is 6.09 Å². The minimum absolute atomic E-state index is 0.180. The Morgan fingerprint density at radius 3 is 2.68 bits per heavy atom. The summed E-state index contributed by atoms with van der Waals surface area (Å²) in [7, 11) is -2.31. The molecular formula is C13H18NO4P. The van der Waals surface area contributed by atoms with E-state index in [0.717, 1.165) is 5.56 Å². The van der Waals surface area contributed by atoms with Gasteiger partial charge in [-0.1, -0.05) is 30.3 Å². The summed E-state index contributed by atoms with van der Waals surface area (Å²) in [5.41, 5.74) is 0.894. The Kier molecular flexibility index (Phi) is 4.27. The molecule has 0 bridgehead atoms. The average molecular weight is 283 g/mol. The Morgan fingerprint density at radius 2 is 2.11 bits per heavy atom. The number of hydrogen-bond donors (Lipinski definition) is 2. The van der Waals surface area contributed by atoms with Crippen LogP contribution in [-0.4, -0.2) is 42.3 Å². The molecule has 19 heavy (non-hydrogen) atoms. The van der Waals surface area contributed by atoms with E-state index in [2.05, 4.69) is 5.32 Å². The first-order chi connectivity index (χ1) is 8.96. The second kappa shape index (κ2) is 5.76. The molecule has 6 heteroatoms. The van der Waals surface area contributed by atoms with Crippen molar-refractivity contribution in [1.82, 2.24) is 5.32 Å². The third kappa shape index (κ3) is 4.08. The Labute approximate surface area is 112 Å². The first kappa shape index (κ1) is 14.1. The van der Waals surface area contributed by atoms with Crippen LogP contribution in [-0.2, 0) is 15.9 Å². The molecule has 0 aromatic heterocycles. The topological polar surface area (TPSA) is 75.6 Å². The minimum atomic E-state index is -2.31. The van der Waals surface area contributed by atoms with E-state index in [-0.39, 0.29) is 12.8 Å². The van der Waals surface area contributed by atoms with Gasteiger partial charge in [-0.25, -0.2) is 4.79 Å². The molecule has 2 N–H and O–H groups in total. The lowest BCUT2D eigenvalue weighted by atomic mass is 10.2. The van der Waals surface area contributed by atoms with E-state index < -0.39 is 25.4 Å². The van der Waals surface area contributed by atoms with Crippen molar-refractivity contribution in [3.63, 3.8) is 0 Å². The summed E-state index contributed by atoms with van der Waals surface area (Å²) in [6.45, 7) is 1.83. The summed E-state index contributed by atoms with van der Waals surface area (Å²) >= 11 is 0. The summed E-state index contributed by atoms with van der Waals surface area (Å²) < 4.78 is 16.9. The maximum Gasteiger partial charge on any atom is 0.407 e. The number of carbonyl (C=O) groups excluding carboxylic acids is 1. The van der Waals surface area contributed by atoms with Crippen LogP contribution in [0.15, 0.2) is 30.3 Å². The highest BCUT2D eigenvalue weighted by molar-refractivity contribution is 7.63. The third-order valence-corrected chi connectivity index (χ3v) is 5.45. The van der Waals surface area contributed by atoms with Gasteiger partial charge in [0, 0.05) is 12.3 Å². The molecule has 1 aliphatic heterocycles. The number of aliphatic hydroxyl groups excluding tert-OH is 1. The van der Waals surface area contributed by atoms with E-state index in [9.17, 15) is 14.5 Å². The molecule has 2 rings (SSSR count). The van der Waals surface area contributed by atoms with Crippen molar-refractivity contribution in [3.8, 4) is 0 Å². The molecule has 0 aliphatic carbocycles. The zero-order valence-electron chi connectivity index (χ0n) is 10.8. The van der Waals surface area contributed by atoms with Gasteiger partial charge in [-0.2, -0.15) is 0 Å². The molecule has 1 amide bonds. The predicted octanol–water partition coefficient (Wildman–Crippen LogP) is 1.65. The fourth-order valence-corrected chi connectivity index (χ4v) is 4.55. The smallest absolute Gasteiger partial charge is 0.407 e. The van der Waals surface area contributed by atoms with Crippen LogP contribution in [0.25, 0.3) is 0 Å². The molecule has 1 aromatic rings. The number of amides is 1. The number of benzene rings is 1. The largest absolute Gasteiger partial charge is 0.445 e. The molecular weight excluding hydrogens is 265 g/mol. The number of ether oxygens (including phenoxy) is 1. The fourth-order valence-electron chi connectivity index (χ4n) is 2.19. The summed E-state index contributed by atoms with van der Waals surface area (Å²) in [6.07, 6.45) is -0.750. The molecule has 5 nitrogen and oxygen atoms in total. The maximum absolute atomic E-state index is 11.8. The molecule has 1 unspecified atom stereocenters. The molecule has 0 radical (unpaired) electrons. The van der Waals surface area contributed by atoms with E-state index >= 15 is 0 Å². The predicted molar refractivity (Wildman–Crippen MR) is 72.8 cm³/mol. The van der Waals surface area contributed by atoms with Crippen molar-refractivity contribution in [2.24, 2.45) is 0 Å². The number of nitrogens with one attached hydrogen (secondary N) is 1. The Morgan fingerprint density at radius 1 is 1.42 bits per heavy atom. The van der Waals surface area contributed by atoms with E-state index in [1.807, 2.05) is 30.3 Å². The van der Waals surface area contributed by atoms with Crippen LogP contribution >= 0.6 is 7.14 Å². The highest BCUT2D eigenvalue weighted by Crippen LogP contribution is 2.48. The van der Waals surface area contributed by atoms with E-state index in [4.69, 9.17) is 4.74 Å². The van der Waals surface area contributed by atoms with Crippen molar-refractivity contribution < 1.29 is 19.2 Å². The molecule has 1 saturated heterocycles. The molecule has 104 valence electrons. The van der Waals surface area contributed by atoms with Gasteiger partial charge in [0.25, 0.3) is 0 Å². The van der Waals surface area contributed by atoms with Gasteiger partial charge in [-0.3, -0.25) is 0 Å². The number of carbonyl (C=O) groups is 1. The SMILES string of the molecule is CP1(=O)C[C@H](NC(=O)OCc2ccccc2)[C@@H](O)C1. The van der Waals surface area contributed by atoms with Gasteiger partial charge in [0.2, 0.25) is 0 Å². The minimum Gasteiger partial charge on any atom is -0.445 e. The third-order valence-electron chi connectivity index (χ3n) is 3.14. The quantitative estimate of drug-likeness (QED) is 0.827. The van der Waals surface area contributed by atoms with Crippen LogP contribution in [0, 0.1) is 0 Å². The average Bonchev–Trinajstić information content (AvgIpc) is 2.61. The summed E-state index contributed by atoms with van der Waals surface area (Å²) in [5, 5.41) is 12.3. The Bertz CT molecular complexity index is 491. The van der Waals surface area contributed by atoms with Crippen LogP contribution in [0.1, 0.15) is 5.56 Å². The molecule has 1 aliphatic rings. The molecule has 3 atom stereocenters. The van der Waals surface area contributed by atoms with Gasteiger partial charge in [-0.05, 0) is 12.2 Å². The number of rotatable bonds is 3. The van der Waals surface area contributed by atoms with Crippen LogP contribution in [0.5, 0.6) is 0 Å². The normalized spacial score (nSPS) is 30.0.